The number of phosphoric ester groups is 1. The molecule has 0 fully saturated rings. The maximum atomic E-state index is 12.4. The molecule has 11 nitrogen and oxygen atoms in total. The third kappa shape index (κ3) is 24.3. The second-order valence-corrected chi connectivity index (χ2v) is 11.7. The molecule has 0 radical (unpaired) electrons. The Hall–Kier alpha value is -1.52. The predicted molar refractivity (Wildman–Crippen MR) is 153 cm³/mol. The average molecular weight is 596 g/mol. The zero-order valence-electron chi connectivity index (χ0n) is 24.7. The second kappa shape index (κ2) is 25.2. The van der Waals surface area contributed by atoms with Crippen LogP contribution in [0, 0.1) is 0 Å². The molecule has 40 heavy (non-hydrogen) atoms. The summed E-state index contributed by atoms with van der Waals surface area (Å²) in [5, 5.41) is 8.78. The van der Waals surface area contributed by atoms with E-state index >= 15 is 0 Å². The third-order valence-corrected chi connectivity index (χ3v) is 7.31. The van der Waals surface area contributed by atoms with Crippen LogP contribution in [0.2, 0.25) is 0 Å². The number of nitrogens with two attached hydrogens (primary N) is 1. The van der Waals surface area contributed by atoms with E-state index in [0.717, 1.165) is 38.5 Å². The largest absolute Gasteiger partial charge is 0.480 e. The molecule has 0 rings (SSSR count). The Morgan fingerprint density at radius 1 is 0.675 bits per heavy atom. The summed E-state index contributed by atoms with van der Waals surface area (Å²) in [5.41, 5.74) is 5.27. The highest BCUT2D eigenvalue weighted by atomic mass is 31.2. The van der Waals surface area contributed by atoms with Gasteiger partial charge in [0.2, 0.25) is 0 Å². The van der Waals surface area contributed by atoms with Crippen molar-refractivity contribution in [1.29, 1.82) is 0 Å². The van der Waals surface area contributed by atoms with E-state index in [1.54, 1.807) is 0 Å². The molecule has 0 spiro atoms. The number of phosphoric acid groups is 1. The van der Waals surface area contributed by atoms with E-state index in [-0.39, 0.29) is 19.4 Å². The highest BCUT2D eigenvalue weighted by Crippen LogP contribution is 2.43. The summed E-state index contributed by atoms with van der Waals surface area (Å²) >= 11 is 0. The lowest BCUT2D eigenvalue weighted by Gasteiger charge is -2.20. The number of esters is 2. The molecule has 236 valence electrons. The van der Waals surface area contributed by atoms with Crippen molar-refractivity contribution in [1.82, 2.24) is 0 Å². The Bertz CT molecular complexity index is 721. The second-order valence-electron chi connectivity index (χ2n) is 10.2. The molecule has 12 heteroatoms. The molecular weight excluding hydrogens is 541 g/mol. The van der Waals surface area contributed by atoms with Gasteiger partial charge >= 0.3 is 25.7 Å². The van der Waals surface area contributed by atoms with Gasteiger partial charge in [-0.1, -0.05) is 104 Å². The van der Waals surface area contributed by atoms with Gasteiger partial charge in [0.1, 0.15) is 12.6 Å². The normalized spacial score (nSPS) is 14.3. The van der Waals surface area contributed by atoms with Crippen LogP contribution in [0.25, 0.3) is 0 Å². The van der Waals surface area contributed by atoms with E-state index in [0.29, 0.717) is 12.8 Å². The number of carboxylic acids is 1. The van der Waals surface area contributed by atoms with Gasteiger partial charge in [0.25, 0.3) is 0 Å². The number of hydrogen-bond donors (Lipinski definition) is 3. The molecule has 0 saturated carbocycles. The van der Waals surface area contributed by atoms with Crippen molar-refractivity contribution in [2.75, 3.05) is 19.8 Å². The minimum Gasteiger partial charge on any atom is -0.480 e. The van der Waals surface area contributed by atoms with Crippen molar-refractivity contribution in [3.63, 3.8) is 0 Å². The van der Waals surface area contributed by atoms with Crippen LogP contribution in [0.5, 0.6) is 0 Å². The summed E-state index contributed by atoms with van der Waals surface area (Å²) in [5.74, 6) is -2.39. The van der Waals surface area contributed by atoms with Gasteiger partial charge in [-0.25, -0.2) is 4.57 Å². The molecule has 0 aliphatic heterocycles. The van der Waals surface area contributed by atoms with Crippen LogP contribution in [0.15, 0.2) is 0 Å². The first-order chi connectivity index (χ1) is 19.1. The van der Waals surface area contributed by atoms with Gasteiger partial charge in [-0.2, -0.15) is 0 Å². The summed E-state index contributed by atoms with van der Waals surface area (Å²) in [6.07, 6.45) is 16.5. The molecule has 0 aromatic carbocycles. The maximum absolute atomic E-state index is 12.4. The Morgan fingerprint density at radius 3 is 1.57 bits per heavy atom. The van der Waals surface area contributed by atoms with Gasteiger partial charge in [-0.15, -0.1) is 0 Å². The van der Waals surface area contributed by atoms with Gasteiger partial charge in [-0.3, -0.25) is 23.4 Å². The molecule has 0 heterocycles. The minimum absolute atomic E-state index is 0.166. The number of unbranched alkanes of at least 4 members (excludes halogenated alkanes) is 14. The fraction of sp³-hybridized carbons (Fsp3) is 0.893. The van der Waals surface area contributed by atoms with Crippen molar-refractivity contribution in [2.45, 2.75) is 142 Å². The average Bonchev–Trinajstić information content (AvgIpc) is 2.91. The van der Waals surface area contributed by atoms with Crippen LogP contribution < -0.4 is 5.73 Å². The first kappa shape index (κ1) is 38.5. The smallest absolute Gasteiger partial charge is 0.472 e. The lowest BCUT2D eigenvalue weighted by molar-refractivity contribution is -0.161. The van der Waals surface area contributed by atoms with Crippen molar-refractivity contribution < 1.29 is 47.5 Å². The molecule has 3 atom stereocenters. The summed E-state index contributed by atoms with van der Waals surface area (Å²) in [4.78, 5) is 45.2. The number of carbonyl (C=O) groups excluding carboxylic acids is 2. The van der Waals surface area contributed by atoms with E-state index in [1.165, 1.54) is 51.4 Å². The Morgan fingerprint density at radius 2 is 1.10 bits per heavy atom. The molecule has 0 bridgehead atoms. The lowest BCUT2D eigenvalue weighted by Crippen LogP contribution is -2.34. The van der Waals surface area contributed by atoms with Gasteiger partial charge in [0.15, 0.2) is 6.10 Å². The van der Waals surface area contributed by atoms with Gasteiger partial charge < -0.3 is 25.2 Å². The predicted octanol–water partition coefficient (Wildman–Crippen LogP) is 6.05. The van der Waals surface area contributed by atoms with Crippen LogP contribution >= 0.6 is 7.82 Å². The highest BCUT2D eigenvalue weighted by molar-refractivity contribution is 7.47. The quantitative estimate of drug-likeness (QED) is 0.0546. The first-order valence-corrected chi connectivity index (χ1v) is 16.6. The van der Waals surface area contributed by atoms with Crippen LogP contribution in [-0.4, -0.2) is 59.9 Å². The highest BCUT2D eigenvalue weighted by Gasteiger charge is 2.28. The Balaban J connectivity index is 4.57. The van der Waals surface area contributed by atoms with Crippen LogP contribution in [0.4, 0.5) is 0 Å². The molecule has 4 N–H and O–H groups in total. The van der Waals surface area contributed by atoms with Crippen LogP contribution in [-0.2, 0) is 37.5 Å². The van der Waals surface area contributed by atoms with E-state index in [9.17, 15) is 23.8 Å². The molecule has 0 aromatic rings. The number of aliphatic carboxylic acids is 1. The van der Waals surface area contributed by atoms with E-state index in [1.807, 2.05) is 0 Å². The lowest BCUT2D eigenvalue weighted by atomic mass is 10.1. The first-order valence-electron chi connectivity index (χ1n) is 15.1. The SMILES string of the molecule is CCCCCCCCCCCC(=O)OC(COC(=O)CCCCCCCCC)COP(=O)(O)OCC(N)C(=O)O. The molecular formula is C28H54NO10P. The number of hydrogen-bond acceptors (Lipinski definition) is 9. The molecule has 0 saturated heterocycles. The topological polar surface area (TPSA) is 172 Å². The molecule has 0 amide bonds. The van der Waals surface area contributed by atoms with Crippen molar-refractivity contribution in [3.8, 4) is 0 Å². The van der Waals surface area contributed by atoms with Crippen molar-refractivity contribution in [2.24, 2.45) is 5.73 Å². The molecule has 0 aromatic heterocycles. The van der Waals surface area contributed by atoms with E-state index in [2.05, 4.69) is 18.4 Å². The van der Waals surface area contributed by atoms with Gasteiger partial charge in [0, 0.05) is 12.8 Å². The monoisotopic (exact) mass is 595 g/mol. The molecule has 3 unspecified atom stereocenters. The summed E-state index contributed by atoms with van der Waals surface area (Å²) < 4.78 is 32.2. The van der Waals surface area contributed by atoms with Crippen molar-refractivity contribution >= 4 is 25.7 Å². The third-order valence-electron chi connectivity index (χ3n) is 6.36. The zero-order chi connectivity index (χ0) is 30.1. The Labute approximate surface area is 240 Å². The van der Waals surface area contributed by atoms with Crippen LogP contribution in [0.1, 0.15) is 129 Å². The summed E-state index contributed by atoms with van der Waals surface area (Å²) in [6, 6.07) is -1.51. The van der Waals surface area contributed by atoms with E-state index < -0.39 is 51.1 Å². The van der Waals surface area contributed by atoms with Gasteiger partial charge in [0.05, 0.1) is 13.2 Å². The number of carbonyl (C=O) groups is 3. The van der Waals surface area contributed by atoms with Crippen molar-refractivity contribution in [3.05, 3.63) is 0 Å². The van der Waals surface area contributed by atoms with E-state index in [4.69, 9.17) is 24.8 Å². The minimum atomic E-state index is -4.68. The zero-order valence-corrected chi connectivity index (χ0v) is 25.6. The van der Waals surface area contributed by atoms with Gasteiger partial charge in [-0.05, 0) is 12.8 Å². The maximum Gasteiger partial charge on any atom is 0.472 e. The number of rotatable bonds is 28. The van der Waals surface area contributed by atoms with Crippen LogP contribution in [0.3, 0.4) is 0 Å². The fourth-order valence-electron chi connectivity index (χ4n) is 3.89. The standard InChI is InChI=1S/C28H54NO10P/c1-3-5-7-9-11-12-14-16-18-20-27(31)39-24(22-37-40(34,35)38-23-25(29)28(32)33)21-36-26(30)19-17-15-13-10-8-6-4-2/h24-25H,3-23,29H2,1-2H3,(H,32,33)(H,34,35). The Kier molecular flexibility index (Phi) is 24.3. The molecule has 0 aliphatic carbocycles. The number of ether oxygens (including phenoxy) is 2. The number of carboxylic acid groups (broad SMARTS) is 1. The molecule has 0 aliphatic rings. The summed E-state index contributed by atoms with van der Waals surface area (Å²) in [6.45, 7) is 2.67. The summed E-state index contributed by atoms with van der Waals surface area (Å²) in [7, 11) is -4.68. The fourth-order valence-corrected chi connectivity index (χ4v) is 4.66.